The predicted molar refractivity (Wildman–Crippen MR) is 92.9 cm³/mol. The van der Waals surface area contributed by atoms with Gasteiger partial charge in [0.25, 0.3) is 0 Å². The molecule has 1 atom stereocenters. The van der Waals surface area contributed by atoms with Crippen LogP contribution in [0.1, 0.15) is 68.2 Å². The lowest BCUT2D eigenvalue weighted by atomic mass is 9.66. The molecule has 0 aliphatic rings. The highest BCUT2D eigenvalue weighted by atomic mass is 16.5. The molecule has 0 aromatic carbocycles. The zero-order chi connectivity index (χ0) is 18.2. The van der Waals surface area contributed by atoms with Crippen molar-refractivity contribution in [2.24, 2.45) is 29.1 Å². The van der Waals surface area contributed by atoms with E-state index in [0.717, 1.165) is 0 Å². The van der Waals surface area contributed by atoms with Gasteiger partial charge in [-0.1, -0.05) is 55.4 Å². The summed E-state index contributed by atoms with van der Waals surface area (Å²) < 4.78 is 11.0. The molecule has 23 heavy (non-hydrogen) atoms. The van der Waals surface area contributed by atoms with Crippen molar-refractivity contribution >= 4 is 11.9 Å². The average Bonchev–Trinajstić information content (AvgIpc) is 2.47. The van der Waals surface area contributed by atoms with E-state index in [-0.39, 0.29) is 29.7 Å². The summed E-state index contributed by atoms with van der Waals surface area (Å²) >= 11 is 0. The zero-order valence-corrected chi connectivity index (χ0v) is 16.3. The first-order valence-corrected chi connectivity index (χ1v) is 8.96. The molecule has 0 heterocycles. The second-order valence-corrected chi connectivity index (χ2v) is 7.60. The minimum atomic E-state index is -0.808. The van der Waals surface area contributed by atoms with Gasteiger partial charge < -0.3 is 9.47 Å². The van der Waals surface area contributed by atoms with E-state index in [1.54, 1.807) is 0 Å². The molecule has 4 heteroatoms. The van der Waals surface area contributed by atoms with Crippen molar-refractivity contribution in [2.75, 3.05) is 13.2 Å². The molecule has 0 aromatic heterocycles. The summed E-state index contributed by atoms with van der Waals surface area (Å²) in [5, 5.41) is 0. The fraction of sp³-hybridized carbons (Fsp3) is 0.895. The van der Waals surface area contributed by atoms with Gasteiger partial charge in [-0.2, -0.15) is 0 Å². The third kappa shape index (κ3) is 6.15. The SMILES string of the molecule is CCC(CC)(C(=O)OCC(C)C)C(C(=O)OCC(C)C)C(C)C. The molecule has 1 unspecified atom stereocenters. The monoisotopic (exact) mass is 328 g/mol. The Morgan fingerprint density at radius 2 is 1.26 bits per heavy atom. The number of hydrogen-bond acceptors (Lipinski definition) is 4. The molecule has 0 spiro atoms. The molecular weight excluding hydrogens is 292 g/mol. The van der Waals surface area contributed by atoms with Gasteiger partial charge >= 0.3 is 11.9 Å². The molecule has 0 rings (SSSR count). The van der Waals surface area contributed by atoms with Crippen LogP contribution in [0.3, 0.4) is 0 Å². The average molecular weight is 328 g/mol. The molecule has 0 aromatic rings. The highest BCUT2D eigenvalue weighted by Gasteiger charge is 2.50. The summed E-state index contributed by atoms with van der Waals surface area (Å²) in [6, 6.07) is 0. The standard InChI is InChI=1S/C19H36O4/c1-9-19(10-2,18(21)23-12-14(5)6)16(15(7)8)17(20)22-11-13(3)4/h13-16H,9-12H2,1-8H3. The van der Waals surface area contributed by atoms with Crippen LogP contribution in [-0.4, -0.2) is 25.2 Å². The number of hydrogen-bond donors (Lipinski definition) is 0. The highest BCUT2D eigenvalue weighted by molar-refractivity contribution is 5.85. The third-order valence-electron chi connectivity index (χ3n) is 4.29. The molecule has 4 nitrogen and oxygen atoms in total. The van der Waals surface area contributed by atoms with Gasteiger partial charge in [0, 0.05) is 0 Å². The highest BCUT2D eigenvalue weighted by Crippen LogP contribution is 2.42. The Morgan fingerprint density at radius 3 is 1.61 bits per heavy atom. The molecule has 0 fully saturated rings. The summed E-state index contributed by atoms with van der Waals surface area (Å²) in [5.74, 6) is -0.458. The molecule has 0 aliphatic carbocycles. The Balaban J connectivity index is 5.44. The first kappa shape index (κ1) is 21.9. The van der Waals surface area contributed by atoms with Gasteiger partial charge in [0.15, 0.2) is 0 Å². The molecule has 0 N–H and O–H groups in total. The van der Waals surface area contributed by atoms with Crippen LogP contribution in [0.2, 0.25) is 0 Å². The summed E-state index contributed by atoms with van der Waals surface area (Å²) in [5.41, 5.74) is -0.808. The normalized spacial score (nSPS) is 13.5. The van der Waals surface area contributed by atoms with Gasteiger partial charge in [-0.15, -0.1) is 0 Å². The molecule has 136 valence electrons. The van der Waals surface area contributed by atoms with Crippen molar-refractivity contribution in [3.8, 4) is 0 Å². The smallest absolute Gasteiger partial charge is 0.312 e. The van der Waals surface area contributed by atoms with Crippen LogP contribution >= 0.6 is 0 Å². The summed E-state index contributed by atoms with van der Waals surface area (Å²) in [6.07, 6.45) is 1.14. The first-order chi connectivity index (χ1) is 10.6. The Kier molecular flexibility index (Phi) is 9.48. The Hall–Kier alpha value is -1.06. The van der Waals surface area contributed by atoms with E-state index in [0.29, 0.717) is 26.1 Å². The summed E-state index contributed by atoms with van der Waals surface area (Å²) in [6.45, 7) is 16.6. The van der Waals surface area contributed by atoms with Crippen molar-refractivity contribution in [1.29, 1.82) is 0 Å². The lowest BCUT2D eigenvalue weighted by Gasteiger charge is -2.38. The Morgan fingerprint density at radius 1 is 0.826 bits per heavy atom. The number of carbonyl (C=O) groups excluding carboxylic acids is 2. The number of rotatable bonds is 10. The lowest BCUT2D eigenvalue weighted by molar-refractivity contribution is -0.174. The molecule has 0 aliphatic heterocycles. The first-order valence-electron chi connectivity index (χ1n) is 8.96. The minimum absolute atomic E-state index is 0.0150. The lowest BCUT2D eigenvalue weighted by Crippen LogP contribution is -2.46. The van der Waals surface area contributed by atoms with Gasteiger partial charge in [0.2, 0.25) is 0 Å². The maximum atomic E-state index is 12.8. The Bertz CT molecular complexity index is 368. The Labute approximate surface area is 142 Å². The van der Waals surface area contributed by atoms with Crippen molar-refractivity contribution < 1.29 is 19.1 Å². The van der Waals surface area contributed by atoms with Crippen LogP contribution in [0.25, 0.3) is 0 Å². The maximum Gasteiger partial charge on any atom is 0.312 e. The summed E-state index contributed by atoms with van der Waals surface area (Å²) in [4.78, 5) is 25.5. The van der Waals surface area contributed by atoms with Crippen LogP contribution in [0.15, 0.2) is 0 Å². The van der Waals surface area contributed by atoms with Gasteiger partial charge in [0.05, 0.1) is 24.5 Å². The van der Waals surface area contributed by atoms with E-state index in [2.05, 4.69) is 0 Å². The quantitative estimate of drug-likeness (QED) is 0.555. The van der Waals surface area contributed by atoms with Crippen molar-refractivity contribution in [3.05, 3.63) is 0 Å². The topological polar surface area (TPSA) is 52.6 Å². The van der Waals surface area contributed by atoms with Crippen molar-refractivity contribution in [1.82, 2.24) is 0 Å². The second kappa shape index (κ2) is 9.94. The van der Waals surface area contributed by atoms with E-state index in [1.807, 2.05) is 55.4 Å². The molecular formula is C19H36O4. The van der Waals surface area contributed by atoms with Crippen LogP contribution < -0.4 is 0 Å². The largest absolute Gasteiger partial charge is 0.465 e. The molecule has 0 amide bonds. The maximum absolute atomic E-state index is 12.8. The van der Waals surface area contributed by atoms with Crippen molar-refractivity contribution in [2.45, 2.75) is 68.2 Å². The zero-order valence-electron chi connectivity index (χ0n) is 16.3. The van der Waals surface area contributed by atoms with E-state index in [4.69, 9.17) is 9.47 Å². The molecule has 0 saturated heterocycles. The van der Waals surface area contributed by atoms with E-state index < -0.39 is 11.3 Å². The fourth-order valence-corrected chi connectivity index (χ4v) is 2.97. The van der Waals surface area contributed by atoms with Gasteiger partial charge in [-0.3, -0.25) is 9.59 Å². The number of ether oxygens (including phenoxy) is 2. The fourth-order valence-electron chi connectivity index (χ4n) is 2.97. The van der Waals surface area contributed by atoms with Crippen LogP contribution in [0.4, 0.5) is 0 Å². The predicted octanol–water partition coefficient (Wildman–Crippen LogP) is 4.46. The molecule has 0 radical (unpaired) electrons. The second-order valence-electron chi connectivity index (χ2n) is 7.60. The minimum Gasteiger partial charge on any atom is -0.465 e. The van der Waals surface area contributed by atoms with Gasteiger partial charge in [-0.25, -0.2) is 0 Å². The molecule has 0 bridgehead atoms. The van der Waals surface area contributed by atoms with Crippen LogP contribution in [-0.2, 0) is 19.1 Å². The summed E-state index contributed by atoms with van der Waals surface area (Å²) in [7, 11) is 0. The van der Waals surface area contributed by atoms with Crippen molar-refractivity contribution in [3.63, 3.8) is 0 Å². The molecule has 0 saturated carbocycles. The number of carbonyl (C=O) groups is 2. The third-order valence-corrected chi connectivity index (χ3v) is 4.29. The van der Waals surface area contributed by atoms with E-state index in [9.17, 15) is 9.59 Å². The van der Waals surface area contributed by atoms with E-state index in [1.165, 1.54) is 0 Å². The van der Waals surface area contributed by atoms with Crippen LogP contribution in [0, 0.1) is 29.1 Å². The van der Waals surface area contributed by atoms with Crippen LogP contribution in [0.5, 0.6) is 0 Å². The van der Waals surface area contributed by atoms with Gasteiger partial charge in [0.1, 0.15) is 0 Å². The van der Waals surface area contributed by atoms with Gasteiger partial charge in [-0.05, 0) is 30.6 Å². The van der Waals surface area contributed by atoms with E-state index >= 15 is 0 Å². The number of esters is 2.